The Kier molecular flexibility index (Phi) is 5.28. The summed E-state index contributed by atoms with van der Waals surface area (Å²) in [6, 6.07) is 5.00. The molecule has 7 heteroatoms. The van der Waals surface area contributed by atoms with Crippen molar-refractivity contribution in [3.8, 4) is 0 Å². The summed E-state index contributed by atoms with van der Waals surface area (Å²) in [7, 11) is 0. The van der Waals surface area contributed by atoms with Crippen LogP contribution in [0, 0.1) is 5.41 Å². The van der Waals surface area contributed by atoms with Gasteiger partial charge in [-0.1, -0.05) is 43.1 Å². The number of benzene rings is 1. The SMILES string of the molecule is CCOC(=O)C1=C(N)OC2=C(C(=O)CC(C)(C)C2)[C@H]1c1ccc(Cl)c(Cl)c1. The third-order valence-corrected chi connectivity index (χ3v) is 5.47. The smallest absolute Gasteiger partial charge is 0.340 e. The van der Waals surface area contributed by atoms with Gasteiger partial charge in [-0.15, -0.1) is 0 Å². The fourth-order valence-electron chi connectivity index (χ4n) is 3.62. The third-order valence-electron chi connectivity index (χ3n) is 4.73. The van der Waals surface area contributed by atoms with Crippen LogP contribution in [0.25, 0.3) is 0 Å². The van der Waals surface area contributed by atoms with Gasteiger partial charge in [0.2, 0.25) is 5.88 Å². The Morgan fingerprint density at radius 1 is 1.30 bits per heavy atom. The van der Waals surface area contributed by atoms with Crippen LogP contribution in [0.1, 0.15) is 45.1 Å². The number of allylic oxidation sites excluding steroid dienone is 2. The predicted octanol–water partition coefficient (Wildman–Crippen LogP) is 4.48. The van der Waals surface area contributed by atoms with E-state index in [2.05, 4.69) is 0 Å². The molecule has 1 aromatic carbocycles. The topological polar surface area (TPSA) is 78.6 Å². The van der Waals surface area contributed by atoms with Gasteiger partial charge < -0.3 is 15.2 Å². The molecule has 1 atom stereocenters. The number of ether oxygens (including phenoxy) is 2. The monoisotopic (exact) mass is 409 g/mol. The van der Waals surface area contributed by atoms with Crippen LogP contribution in [0.2, 0.25) is 10.0 Å². The lowest BCUT2D eigenvalue weighted by molar-refractivity contribution is -0.139. The van der Waals surface area contributed by atoms with Gasteiger partial charge in [-0.05, 0) is 30.0 Å². The van der Waals surface area contributed by atoms with E-state index in [-0.39, 0.29) is 29.3 Å². The fourth-order valence-corrected chi connectivity index (χ4v) is 3.92. The number of Topliss-reactive ketones (excluding diaryl/α,β-unsaturated/α-hetero) is 1. The Morgan fingerprint density at radius 2 is 2.00 bits per heavy atom. The number of rotatable bonds is 3. The molecule has 1 aromatic rings. The lowest BCUT2D eigenvalue weighted by atomic mass is 9.70. The van der Waals surface area contributed by atoms with Crippen molar-refractivity contribution in [1.82, 2.24) is 0 Å². The fraction of sp³-hybridized carbons (Fsp3) is 0.400. The number of carbonyl (C=O) groups excluding carboxylic acids is 2. The number of halogens is 2. The molecular formula is C20H21Cl2NO4. The molecule has 0 unspecified atom stereocenters. The highest BCUT2D eigenvalue weighted by atomic mass is 35.5. The molecule has 0 bridgehead atoms. The van der Waals surface area contributed by atoms with Gasteiger partial charge >= 0.3 is 5.97 Å². The molecule has 144 valence electrons. The molecule has 2 N–H and O–H groups in total. The molecule has 1 aliphatic heterocycles. The Morgan fingerprint density at radius 3 is 2.63 bits per heavy atom. The summed E-state index contributed by atoms with van der Waals surface area (Å²) in [4.78, 5) is 25.6. The molecule has 2 aliphatic rings. The zero-order valence-electron chi connectivity index (χ0n) is 15.4. The van der Waals surface area contributed by atoms with Crippen molar-refractivity contribution in [1.29, 1.82) is 0 Å². The molecule has 0 fully saturated rings. The zero-order valence-corrected chi connectivity index (χ0v) is 16.9. The van der Waals surface area contributed by atoms with Gasteiger partial charge in [0.25, 0.3) is 0 Å². The van der Waals surface area contributed by atoms with Crippen molar-refractivity contribution < 1.29 is 19.1 Å². The minimum atomic E-state index is -0.703. The molecule has 3 rings (SSSR count). The largest absolute Gasteiger partial charge is 0.462 e. The highest BCUT2D eigenvalue weighted by Gasteiger charge is 2.45. The summed E-state index contributed by atoms with van der Waals surface area (Å²) in [5, 5.41) is 0.709. The van der Waals surface area contributed by atoms with Gasteiger partial charge in [-0.2, -0.15) is 0 Å². The predicted molar refractivity (Wildman–Crippen MR) is 103 cm³/mol. The van der Waals surface area contributed by atoms with Crippen molar-refractivity contribution in [2.75, 3.05) is 6.61 Å². The second-order valence-corrected chi connectivity index (χ2v) is 8.30. The number of ketones is 1. The van der Waals surface area contributed by atoms with Crippen LogP contribution in [0.5, 0.6) is 0 Å². The summed E-state index contributed by atoms with van der Waals surface area (Å²) in [6.07, 6.45) is 0.895. The molecule has 27 heavy (non-hydrogen) atoms. The Labute approximate surface area is 168 Å². The molecule has 0 spiro atoms. The van der Waals surface area contributed by atoms with Crippen LogP contribution in [-0.2, 0) is 19.1 Å². The van der Waals surface area contributed by atoms with Gasteiger partial charge in [0, 0.05) is 18.4 Å². The quantitative estimate of drug-likeness (QED) is 0.744. The Balaban J connectivity index is 2.20. The average Bonchev–Trinajstić information content (AvgIpc) is 2.55. The number of hydrogen-bond donors (Lipinski definition) is 1. The van der Waals surface area contributed by atoms with Gasteiger partial charge in [-0.3, -0.25) is 4.79 Å². The van der Waals surface area contributed by atoms with E-state index >= 15 is 0 Å². The summed E-state index contributed by atoms with van der Waals surface area (Å²) < 4.78 is 10.9. The number of esters is 1. The lowest BCUT2D eigenvalue weighted by Crippen LogP contribution is -2.35. The van der Waals surface area contributed by atoms with Crippen molar-refractivity contribution in [3.05, 3.63) is 56.6 Å². The van der Waals surface area contributed by atoms with Crippen LogP contribution < -0.4 is 5.73 Å². The third kappa shape index (κ3) is 3.71. The first-order valence-electron chi connectivity index (χ1n) is 8.70. The van der Waals surface area contributed by atoms with E-state index in [1.807, 2.05) is 13.8 Å². The highest BCUT2D eigenvalue weighted by molar-refractivity contribution is 6.42. The van der Waals surface area contributed by atoms with E-state index in [1.54, 1.807) is 25.1 Å². The van der Waals surface area contributed by atoms with Crippen LogP contribution >= 0.6 is 23.2 Å². The van der Waals surface area contributed by atoms with Gasteiger partial charge in [0.05, 0.1) is 22.6 Å². The summed E-state index contributed by atoms with van der Waals surface area (Å²) in [6.45, 7) is 5.86. The highest BCUT2D eigenvalue weighted by Crippen LogP contribution is 2.48. The molecule has 1 aliphatic carbocycles. The van der Waals surface area contributed by atoms with E-state index in [1.165, 1.54) is 0 Å². The van der Waals surface area contributed by atoms with Crippen LogP contribution in [0.3, 0.4) is 0 Å². The summed E-state index contributed by atoms with van der Waals surface area (Å²) in [5.74, 6) is -0.945. The molecule has 0 saturated heterocycles. The second kappa shape index (κ2) is 7.21. The normalized spacial score (nSPS) is 21.7. The number of nitrogens with two attached hydrogens (primary N) is 1. The van der Waals surface area contributed by atoms with Crippen molar-refractivity contribution in [2.45, 2.75) is 39.5 Å². The Bertz CT molecular complexity index is 886. The molecule has 0 aromatic heterocycles. The maximum Gasteiger partial charge on any atom is 0.340 e. The van der Waals surface area contributed by atoms with Crippen LogP contribution in [0.4, 0.5) is 0 Å². The summed E-state index contributed by atoms with van der Waals surface area (Å²) in [5.41, 5.74) is 7.04. The van der Waals surface area contributed by atoms with Crippen molar-refractivity contribution >= 4 is 35.0 Å². The standard InChI is InChI=1S/C20H21Cl2NO4/c1-4-26-19(25)17-15(10-5-6-11(21)12(22)7-10)16-13(24)8-20(2,3)9-14(16)27-18(17)23/h5-7,15H,4,8-9,23H2,1-3H3/t15-/m1/s1. The van der Waals surface area contributed by atoms with Crippen molar-refractivity contribution in [3.63, 3.8) is 0 Å². The average molecular weight is 410 g/mol. The van der Waals surface area contributed by atoms with Crippen LogP contribution in [0.15, 0.2) is 41.0 Å². The molecule has 0 saturated carbocycles. The minimum Gasteiger partial charge on any atom is -0.462 e. The number of carbonyl (C=O) groups is 2. The van der Waals surface area contributed by atoms with E-state index < -0.39 is 11.9 Å². The first-order valence-corrected chi connectivity index (χ1v) is 9.46. The molecule has 1 heterocycles. The zero-order chi connectivity index (χ0) is 19.9. The molecule has 0 amide bonds. The van der Waals surface area contributed by atoms with Gasteiger partial charge in [0.1, 0.15) is 11.3 Å². The maximum absolute atomic E-state index is 13.0. The van der Waals surface area contributed by atoms with Gasteiger partial charge in [-0.25, -0.2) is 4.79 Å². The maximum atomic E-state index is 13.0. The van der Waals surface area contributed by atoms with Crippen LogP contribution in [-0.4, -0.2) is 18.4 Å². The van der Waals surface area contributed by atoms with Gasteiger partial charge in [0.15, 0.2) is 5.78 Å². The second-order valence-electron chi connectivity index (χ2n) is 7.48. The first kappa shape index (κ1) is 19.8. The molecule has 0 radical (unpaired) electrons. The van der Waals surface area contributed by atoms with E-state index in [9.17, 15) is 9.59 Å². The molecular weight excluding hydrogens is 389 g/mol. The van der Waals surface area contributed by atoms with E-state index in [0.29, 0.717) is 39.8 Å². The first-order chi connectivity index (χ1) is 12.6. The minimum absolute atomic E-state index is 0.0474. The van der Waals surface area contributed by atoms with E-state index in [4.69, 9.17) is 38.4 Å². The number of hydrogen-bond acceptors (Lipinski definition) is 5. The lowest BCUT2D eigenvalue weighted by Gasteiger charge is -2.38. The van der Waals surface area contributed by atoms with Crippen molar-refractivity contribution in [2.24, 2.45) is 11.1 Å². The Hall–Kier alpha value is -1.98. The van der Waals surface area contributed by atoms with E-state index in [0.717, 1.165) is 0 Å². The summed E-state index contributed by atoms with van der Waals surface area (Å²) >= 11 is 12.2. The molecule has 5 nitrogen and oxygen atoms in total.